The van der Waals surface area contributed by atoms with Gasteiger partial charge in [0.1, 0.15) is 18.7 Å². The Morgan fingerprint density at radius 3 is 2.33 bits per heavy atom. The van der Waals surface area contributed by atoms with E-state index in [0.29, 0.717) is 6.54 Å². The Bertz CT molecular complexity index is 1270. The van der Waals surface area contributed by atoms with E-state index in [-0.39, 0.29) is 30.7 Å². The van der Waals surface area contributed by atoms with Crippen LogP contribution < -0.4 is 16.0 Å². The van der Waals surface area contributed by atoms with E-state index < -0.39 is 46.7 Å². The summed E-state index contributed by atoms with van der Waals surface area (Å²) in [4.78, 5) is 54.5. The summed E-state index contributed by atoms with van der Waals surface area (Å²) in [5.41, 5.74) is 2.82. The Morgan fingerprint density at radius 1 is 1.05 bits per heavy atom. The Balaban J connectivity index is 1.83. The van der Waals surface area contributed by atoms with Crippen molar-refractivity contribution in [2.75, 3.05) is 19.6 Å². The second-order valence-electron chi connectivity index (χ2n) is 11.7. The van der Waals surface area contributed by atoms with Crippen molar-refractivity contribution >= 4 is 35.4 Å². The zero-order valence-corrected chi connectivity index (χ0v) is 26.6. The molecule has 0 saturated carbocycles. The normalized spacial score (nSPS) is 18.0. The summed E-state index contributed by atoms with van der Waals surface area (Å²) in [7, 11) is 1.38. The van der Waals surface area contributed by atoms with E-state index in [9.17, 15) is 24.3 Å². The van der Waals surface area contributed by atoms with Gasteiger partial charge in [-0.05, 0) is 49.8 Å². The molecule has 0 aliphatic carbocycles. The molecule has 234 valence electrons. The Labute approximate surface area is 258 Å². The number of nitrogens with one attached hydrogen (secondary N) is 3. The monoisotopic (exact) mass is 612 g/mol. The highest BCUT2D eigenvalue weighted by Crippen LogP contribution is 2.40. The van der Waals surface area contributed by atoms with E-state index in [1.165, 1.54) is 23.8 Å². The number of aliphatic hydroxyl groups excluding tert-OH is 1. The molecule has 1 aliphatic rings. The minimum Gasteiger partial charge on any atom is -0.381 e. The minimum absolute atomic E-state index is 0.158. The fourth-order valence-corrected chi connectivity index (χ4v) is 6.25. The van der Waals surface area contributed by atoms with Gasteiger partial charge >= 0.3 is 0 Å². The van der Waals surface area contributed by atoms with Gasteiger partial charge in [0.25, 0.3) is 5.91 Å². The number of benzene rings is 2. The van der Waals surface area contributed by atoms with Gasteiger partial charge in [0, 0.05) is 18.4 Å². The zero-order chi connectivity index (χ0) is 31.7. The van der Waals surface area contributed by atoms with Gasteiger partial charge in [0.05, 0.1) is 11.9 Å². The molecule has 2 aromatic rings. The van der Waals surface area contributed by atoms with Crippen molar-refractivity contribution in [3.05, 3.63) is 71.3 Å². The van der Waals surface area contributed by atoms with Crippen LogP contribution in [0.15, 0.2) is 54.6 Å². The lowest BCUT2D eigenvalue weighted by molar-refractivity contribution is -0.148. The van der Waals surface area contributed by atoms with Crippen LogP contribution in [-0.4, -0.2) is 82.2 Å². The molecule has 0 unspecified atom stereocenters. The van der Waals surface area contributed by atoms with Crippen LogP contribution in [0.4, 0.5) is 0 Å². The first-order chi connectivity index (χ1) is 20.4. The van der Waals surface area contributed by atoms with Gasteiger partial charge in [-0.1, -0.05) is 68.4 Å². The molecule has 0 spiro atoms. The molecule has 10 nitrogen and oxygen atoms in total. The summed E-state index contributed by atoms with van der Waals surface area (Å²) in [6.07, 6.45) is -1.49. The van der Waals surface area contributed by atoms with Crippen molar-refractivity contribution in [2.24, 2.45) is 5.92 Å². The number of aliphatic hydroxyl groups is 1. The third-order valence-electron chi connectivity index (χ3n) is 7.59. The first-order valence-electron chi connectivity index (χ1n) is 14.4. The number of methoxy groups -OCH3 is 1. The minimum atomic E-state index is -1.65. The molecule has 0 radical (unpaired) electrons. The maximum Gasteiger partial charge on any atom is 0.254 e. The molecule has 1 aliphatic heterocycles. The van der Waals surface area contributed by atoms with Gasteiger partial charge < -0.3 is 30.7 Å². The second kappa shape index (κ2) is 15.4. The van der Waals surface area contributed by atoms with Gasteiger partial charge in [-0.3, -0.25) is 19.2 Å². The number of hydrogen-bond donors (Lipinski definition) is 4. The third kappa shape index (κ3) is 9.04. The van der Waals surface area contributed by atoms with Crippen molar-refractivity contribution in [3.63, 3.8) is 0 Å². The third-order valence-corrected chi connectivity index (χ3v) is 8.97. The number of amides is 4. The predicted octanol–water partition coefficient (Wildman–Crippen LogP) is 2.17. The molecule has 2 aromatic carbocycles. The number of rotatable bonds is 13. The van der Waals surface area contributed by atoms with Gasteiger partial charge in [0.15, 0.2) is 6.10 Å². The molecule has 1 saturated heterocycles. The van der Waals surface area contributed by atoms with Gasteiger partial charge in [-0.15, -0.1) is 11.8 Å². The molecule has 1 heterocycles. The number of ether oxygens (including phenoxy) is 1. The van der Waals surface area contributed by atoms with E-state index in [1.807, 2.05) is 75.4 Å². The van der Waals surface area contributed by atoms with Crippen molar-refractivity contribution in [3.8, 4) is 0 Å². The number of carbonyl (C=O) groups excluding carboxylic acids is 4. The highest BCUT2D eigenvalue weighted by atomic mass is 32.2. The van der Waals surface area contributed by atoms with Crippen LogP contribution in [0.5, 0.6) is 0 Å². The van der Waals surface area contributed by atoms with Crippen molar-refractivity contribution in [2.45, 2.75) is 76.6 Å². The van der Waals surface area contributed by atoms with Crippen LogP contribution in [-0.2, 0) is 36.9 Å². The van der Waals surface area contributed by atoms with Crippen molar-refractivity contribution in [1.29, 1.82) is 0 Å². The van der Waals surface area contributed by atoms with E-state index in [4.69, 9.17) is 4.74 Å². The lowest BCUT2D eigenvalue weighted by atomic mass is 9.96. The van der Waals surface area contributed by atoms with Crippen LogP contribution in [0.25, 0.3) is 0 Å². The first-order valence-corrected chi connectivity index (χ1v) is 15.4. The van der Waals surface area contributed by atoms with E-state index in [0.717, 1.165) is 16.7 Å². The summed E-state index contributed by atoms with van der Waals surface area (Å²) in [6, 6.07) is 14.2. The number of aryl methyl sites for hydroxylation is 1. The average molecular weight is 613 g/mol. The molecule has 43 heavy (non-hydrogen) atoms. The summed E-state index contributed by atoms with van der Waals surface area (Å²) in [5.74, 6) is -2.02. The zero-order valence-electron chi connectivity index (χ0n) is 25.8. The summed E-state index contributed by atoms with van der Waals surface area (Å²) < 4.78 is 4.26. The van der Waals surface area contributed by atoms with Crippen molar-refractivity contribution in [1.82, 2.24) is 20.9 Å². The molecule has 0 bridgehead atoms. The lowest BCUT2D eigenvalue weighted by Crippen LogP contribution is -2.60. The topological polar surface area (TPSA) is 137 Å². The van der Waals surface area contributed by atoms with Gasteiger partial charge in [0.2, 0.25) is 17.7 Å². The fraction of sp³-hybridized carbons (Fsp3) is 0.500. The highest BCUT2D eigenvalue weighted by Gasteiger charge is 2.50. The Kier molecular flexibility index (Phi) is 12.2. The molecule has 1 fully saturated rings. The smallest absolute Gasteiger partial charge is 0.254 e. The summed E-state index contributed by atoms with van der Waals surface area (Å²) in [5, 5.41) is 19.9. The van der Waals surface area contributed by atoms with E-state index in [2.05, 4.69) is 16.0 Å². The number of hydrogen-bond acceptors (Lipinski definition) is 7. The second-order valence-corrected chi connectivity index (χ2v) is 13.3. The van der Waals surface area contributed by atoms with Crippen LogP contribution in [0, 0.1) is 12.8 Å². The molecule has 4 amide bonds. The SMILES string of the molecule is COCC(=O)N[C@H](C(=O)N[C@@H](Cc1ccccc1)[C@H](O)C(=O)N1CSC(C)(C)[C@H]1C(=O)NCc1ccccc1C)C(C)C. The first kappa shape index (κ1) is 34.1. The van der Waals surface area contributed by atoms with E-state index in [1.54, 1.807) is 13.8 Å². The molecule has 0 aromatic heterocycles. The van der Waals surface area contributed by atoms with Gasteiger partial charge in [-0.2, -0.15) is 0 Å². The molecule has 4 atom stereocenters. The summed E-state index contributed by atoms with van der Waals surface area (Å²) in [6.45, 7) is 9.44. The standard InChI is InChI=1S/C32H44N4O6S/c1-20(2)26(35-25(37)18-42-6)29(39)34-24(16-22-13-8-7-9-14-22)27(38)31(41)36-19-43-32(4,5)28(36)30(40)33-17-23-15-11-10-12-21(23)3/h7-15,20,24,26-28,38H,16-19H2,1-6H3,(H,33,40)(H,34,39)(H,35,37)/t24-,26-,27-,28+/m0/s1. The fourth-order valence-electron chi connectivity index (χ4n) is 5.11. The molecule has 3 rings (SSSR count). The quantitative estimate of drug-likeness (QED) is 0.272. The van der Waals surface area contributed by atoms with Crippen LogP contribution >= 0.6 is 11.8 Å². The lowest BCUT2D eigenvalue weighted by Gasteiger charge is -2.34. The largest absolute Gasteiger partial charge is 0.381 e. The van der Waals surface area contributed by atoms with Crippen LogP contribution in [0.2, 0.25) is 0 Å². The van der Waals surface area contributed by atoms with Gasteiger partial charge in [-0.25, -0.2) is 0 Å². The average Bonchev–Trinajstić information content (AvgIpc) is 3.29. The predicted molar refractivity (Wildman–Crippen MR) is 167 cm³/mol. The van der Waals surface area contributed by atoms with Crippen LogP contribution in [0.1, 0.15) is 44.4 Å². The molecule has 4 N–H and O–H groups in total. The highest BCUT2D eigenvalue weighted by molar-refractivity contribution is 8.00. The number of carbonyl (C=O) groups is 4. The van der Waals surface area contributed by atoms with E-state index >= 15 is 0 Å². The van der Waals surface area contributed by atoms with Crippen LogP contribution in [0.3, 0.4) is 0 Å². The molecular weight excluding hydrogens is 568 g/mol. The Morgan fingerprint density at radius 2 is 1.70 bits per heavy atom. The number of thioether (sulfide) groups is 1. The number of nitrogens with zero attached hydrogens (tertiary/aromatic N) is 1. The van der Waals surface area contributed by atoms with Crippen molar-refractivity contribution < 1.29 is 29.0 Å². The maximum absolute atomic E-state index is 13.9. The molecular formula is C32H44N4O6S. The maximum atomic E-state index is 13.9. The summed E-state index contributed by atoms with van der Waals surface area (Å²) >= 11 is 1.45. The Hall–Kier alpha value is -3.41. The molecule has 11 heteroatoms.